The van der Waals surface area contributed by atoms with Crippen LogP contribution in [0.1, 0.15) is 20.8 Å². The molecule has 0 radical (unpaired) electrons. The highest BCUT2D eigenvalue weighted by atomic mass is 16.8. The SMILES string of the molecule is COc1cccc(-c2cn(C[C@H]3OC(OCCOCCOCCOCCNC(=O)O)[C@H](NC(C)=O)[C@H]4OC(C)(C)O[C@H]43)nn2)c1. The van der Waals surface area contributed by atoms with E-state index in [1.165, 1.54) is 6.92 Å². The van der Waals surface area contributed by atoms with Gasteiger partial charge < -0.3 is 53.6 Å². The van der Waals surface area contributed by atoms with Crippen molar-refractivity contribution in [3.63, 3.8) is 0 Å². The first-order chi connectivity index (χ1) is 21.6. The summed E-state index contributed by atoms with van der Waals surface area (Å²) >= 11 is 0. The quantitative estimate of drug-likeness (QED) is 0.197. The van der Waals surface area contributed by atoms with Gasteiger partial charge in [-0.15, -0.1) is 5.10 Å². The lowest BCUT2D eigenvalue weighted by Crippen LogP contribution is -2.63. The third kappa shape index (κ3) is 10.6. The molecule has 0 bridgehead atoms. The van der Waals surface area contributed by atoms with E-state index in [9.17, 15) is 9.59 Å². The van der Waals surface area contributed by atoms with Crippen LogP contribution in [0.25, 0.3) is 11.3 Å². The number of carbonyl (C=O) groups excluding carboxylic acids is 1. The first-order valence-electron chi connectivity index (χ1n) is 14.8. The van der Waals surface area contributed by atoms with Crippen molar-refractivity contribution in [3.05, 3.63) is 30.5 Å². The second-order valence-corrected chi connectivity index (χ2v) is 10.8. The van der Waals surface area contributed by atoms with Crippen LogP contribution in [0.5, 0.6) is 5.75 Å². The fourth-order valence-corrected chi connectivity index (χ4v) is 5.03. The summed E-state index contributed by atoms with van der Waals surface area (Å²) in [6.45, 7) is 7.71. The van der Waals surface area contributed by atoms with Gasteiger partial charge in [-0.05, 0) is 26.0 Å². The average molecular weight is 638 g/mol. The Morgan fingerprint density at radius 2 is 1.71 bits per heavy atom. The van der Waals surface area contributed by atoms with Crippen LogP contribution < -0.4 is 15.4 Å². The van der Waals surface area contributed by atoms with Gasteiger partial charge in [0.05, 0.1) is 66.1 Å². The average Bonchev–Trinajstić information content (AvgIpc) is 3.60. The Hall–Kier alpha value is -3.38. The van der Waals surface area contributed by atoms with Gasteiger partial charge in [-0.25, -0.2) is 9.48 Å². The first-order valence-corrected chi connectivity index (χ1v) is 14.8. The number of methoxy groups -OCH3 is 1. The van der Waals surface area contributed by atoms with Gasteiger partial charge in [0.1, 0.15) is 35.8 Å². The standard InChI is InChI=1S/C29H43N5O11/c1-19(35)31-24-26-25(44-29(2,3)45-26)23(18-34-17-22(32-33-34)20-6-5-7-21(16-20)38-4)43-27(24)42-15-14-41-13-12-40-11-10-39-9-8-30-28(36)37/h5-7,16-17,23-27,30H,8-15,18H2,1-4H3,(H,31,35)(H,36,37)/t23-,24-,25+,26-,27?/m1/s1. The molecular formula is C29H43N5O11. The predicted molar refractivity (Wildman–Crippen MR) is 157 cm³/mol. The van der Waals surface area contributed by atoms with Gasteiger partial charge in [-0.2, -0.15) is 0 Å². The molecule has 1 aromatic heterocycles. The van der Waals surface area contributed by atoms with Crippen LogP contribution in [-0.4, -0.2) is 128 Å². The summed E-state index contributed by atoms with van der Waals surface area (Å²) in [5.74, 6) is -0.438. The van der Waals surface area contributed by atoms with Crippen LogP contribution in [0.2, 0.25) is 0 Å². The molecule has 250 valence electrons. The number of hydrogen-bond donors (Lipinski definition) is 3. The summed E-state index contributed by atoms with van der Waals surface area (Å²) in [4.78, 5) is 22.5. The van der Waals surface area contributed by atoms with E-state index in [0.717, 1.165) is 5.56 Å². The predicted octanol–water partition coefficient (Wildman–Crippen LogP) is 1.04. The lowest BCUT2D eigenvalue weighted by molar-refractivity contribution is -0.250. The molecule has 1 aromatic carbocycles. The highest BCUT2D eigenvalue weighted by Gasteiger charge is 2.56. The molecule has 4 rings (SSSR count). The summed E-state index contributed by atoms with van der Waals surface area (Å²) in [6, 6.07) is 6.93. The molecule has 2 aliphatic heterocycles. The van der Waals surface area contributed by atoms with Crippen molar-refractivity contribution in [1.29, 1.82) is 0 Å². The monoisotopic (exact) mass is 637 g/mol. The number of ether oxygens (including phenoxy) is 8. The molecule has 2 aliphatic rings. The topological polar surface area (TPSA) is 183 Å². The van der Waals surface area contributed by atoms with Crippen molar-refractivity contribution >= 4 is 12.0 Å². The van der Waals surface area contributed by atoms with Gasteiger partial charge in [0.2, 0.25) is 5.91 Å². The second kappa shape index (κ2) is 16.8. The molecular weight excluding hydrogens is 594 g/mol. The number of nitrogens with one attached hydrogen (secondary N) is 2. The maximum atomic E-state index is 12.1. The van der Waals surface area contributed by atoms with Crippen LogP contribution in [-0.2, 0) is 44.5 Å². The van der Waals surface area contributed by atoms with Gasteiger partial charge in [-0.3, -0.25) is 4.79 Å². The van der Waals surface area contributed by atoms with Crippen LogP contribution in [0.15, 0.2) is 30.5 Å². The minimum atomic E-state index is -1.09. The van der Waals surface area contributed by atoms with Crippen molar-refractivity contribution in [2.75, 3.05) is 59.9 Å². The maximum absolute atomic E-state index is 12.1. The van der Waals surface area contributed by atoms with Crippen molar-refractivity contribution in [2.45, 2.75) is 63.7 Å². The number of carbonyl (C=O) groups is 2. The highest BCUT2D eigenvalue weighted by molar-refractivity contribution is 5.73. The number of hydrogen-bond acceptors (Lipinski definition) is 12. The van der Waals surface area contributed by atoms with E-state index in [-0.39, 0.29) is 32.3 Å². The smallest absolute Gasteiger partial charge is 0.404 e. The Morgan fingerprint density at radius 3 is 2.40 bits per heavy atom. The van der Waals surface area contributed by atoms with E-state index < -0.39 is 42.5 Å². The Labute approximate surface area is 261 Å². The molecule has 3 N–H and O–H groups in total. The number of benzene rings is 1. The Kier molecular flexibility index (Phi) is 12.9. The molecule has 2 saturated heterocycles. The molecule has 0 spiro atoms. The third-order valence-corrected chi connectivity index (χ3v) is 6.90. The molecule has 16 heteroatoms. The molecule has 2 fully saturated rings. The van der Waals surface area contributed by atoms with Gasteiger partial charge in [0, 0.05) is 19.0 Å². The summed E-state index contributed by atoms with van der Waals surface area (Å²) in [5, 5.41) is 22.3. The fraction of sp³-hybridized carbons (Fsp3) is 0.655. The largest absolute Gasteiger partial charge is 0.497 e. The normalized spacial score (nSPS) is 23.8. The molecule has 45 heavy (non-hydrogen) atoms. The van der Waals surface area contributed by atoms with E-state index in [1.807, 2.05) is 44.3 Å². The zero-order valence-electron chi connectivity index (χ0n) is 26.0. The zero-order chi connectivity index (χ0) is 32.2. The number of aromatic nitrogens is 3. The van der Waals surface area contributed by atoms with Crippen LogP contribution in [0, 0.1) is 0 Å². The van der Waals surface area contributed by atoms with E-state index in [0.29, 0.717) is 44.4 Å². The second-order valence-electron chi connectivity index (χ2n) is 10.8. The van der Waals surface area contributed by atoms with Crippen LogP contribution in [0.3, 0.4) is 0 Å². The number of amides is 2. The van der Waals surface area contributed by atoms with Crippen LogP contribution >= 0.6 is 0 Å². The summed E-state index contributed by atoms with van der Waals surface area (Å²) in [6.07, 6.45) is -1.67. The van der Waals surface area contributed by atoms with E-state index in [2.05, 4.69) is 20.9 Å². The maximum Gasteiger partial charge on any atom is 0.404 e. The molecule has 16 nitrogen and oxygen atoms in total. The zero-order valence-corrected chi connectivity index (χ0v) is 26.0. The number of fused-ring (bicyclic) bond motifs is 1. The van der Waals surface area contributed by atoms with Crippen molar-refractivity contribution in [2.24, 2.45) is 0 Å². The fourth-order valence-electron chi connectivity index (χ4n) is 5.03. The lowest BCUT2D eigenvalue weighted by atomic mass is 9.96. The van der Waals surface area contributed by atoms with Crippen molar-refractivity contribution in [3.8, 4) is 17.0 Å². The Bertz CT molecular complexity index is 1230. The van der Waals surface area contributed by atoms with E-state index in [4.69, 9.17) is 43.0 Å². The molecule has 0 aliphatic carbocycles. The minimum absolute atomic E-state index is 0.193. The van der Waals surface area contributed by atoms with Gasteiger partial charge in [0.25, 0.3) is 0 Å². The molecule has 1 unspecified atom stereocenters. The summed E-state index contributed by atoms with van der Waals surface area (Å²) < 4.78 is 48.3. The van der Waals surface area contributed by atoms with Gasteiger partial charge in [-0.1, -0.05) is 17.3 Å². The van der Waals surface area contributed by atoms with E-state index in [1.54, 1.807) is 11.8 Å². The first kappa shape index (κ1) is 34.5. The molecule has 3 heterocycles. The van der Waals surface area contributed by atoms with Crippen molar-refractivity contribution in [1.82, 2.24) is 25.6 Å². The minimum Gasteiger partial charge on any atom is -0.497 e. The molecule has 0 saturated carbocycles. The number of carboxylic acid groups (broad SMARTS) is 1. The lowest BCUT2D eigenvalue weighted by Gasteiger charge is -2.42. The summed E-state index contributed by atoms with van der Waals surface area (Å²) in [7, 11) is 1.61. The molecule has 5 atom stereocenters. The Balaban J connectivity index is 1.28. The summed E-state index contributed by atoms with van der Waals surface area (Å²) in [5.41, 5.74) is 1.54. The highest BCUT2D eigenvalue weighted by Crippen LogP contribution is 2.38. The van der Waals surface area contributed by atoms with E-state index >= 15 is 0 Å². The number of nitrogens with zero attached hydrogens (tertiary/aromatic N) is 3. The Morgan fingerprint density at radius 1 is 1.02 bits per heavy atom. The van der Waals surface area contributed by atoms with Crippen LogP contribution in [0.4, 0.5) is 4.79 Å². The van der Waals surface area contributed by atoms with Crippen molar-refractivity contribution < 1.29 is 52.6 Å². The third-order valence-electron chi connectivity index (χ3n) is 6.90. The molecule has 2 amide bonds. The molecule has 2 aromatic rings. The number of rotatable bonds is 18. The van der Waals surface area contributed by atoms with Gasteiger partial charge in [0.15, 0.2) is 12.1 Å². The van der Waals surface area contributed by atoms with Gasteiger partial charge >= 0.3 is 6.09 Å².